The fourth-order valence-electron chi connectivity index (χ4n) is 1.35. The topological polar surface area (TPSA) is 42.6 Å². The molecule has 74 valence electrons. The molecule has 0 aliphatic rings. The Hall–Kier alpha value is -1.47. The monoisotopic (exact) mass is 265 g/mol. The summed E-state index contributed by atoms with van der Waals surface area (Å²) in [4.78, 5) is 15.6. The third kappa shape index (κ3) is 1.83. The van der Waals surface area contributed by atoms with Gasteiger partial charge in [0.05, 0.1) is 0 Å². The molecule has 3 nitrogen and oxygen atoms in total. The van der Waals surface area contributed by atoms with Gasteiger partial charge in [0.1, 0.15) is 0 Å². The summed E-state index contributed by atoms with van der Waals surface area (Å²) >= 11 is 2.48. The quantitative estimate of drug-likeness (QED) is 0.582. The van der Waals surface area contributed by atoms with Gasteiger partial charge in [-0.1, -0.05) is 0 Å². The average Bonchev–Trinajstić information content (AvgIpc) is 2.22. The molecule has 0 N–H and O–H groups in total. The molecule has 0 aliphatic carbocycles. The SMILES string of the molecule is Cc1ccc2c(=O)c(N=C=[Se])coc2c1. The number of benzene rings is 1. The molecule has 1 heterocycles. The van der Waals surface area contributed by atoms with E-state index >= 15 is 0 Å². The van der Waals surface area contributed by atoms with Crippen LogP contribution in [0.2, 0.25) is 0 Å². The number of aliphatic imine (C=N–C) groups is 1. The summed E-state index contributed by atoms with van der Waals surface area (Å²) in [6, 6.07) is 5.44. The van der Waals surface area contributed by atoms with Gasteiger partial charge in [-0.15, -0.1) is 0 Å². The molecule has 0 amide bonds. The van der Waals surface area contributed by atoms with Crippen molar-refractivity contribution in [2.75, 3.05) is 0 Å². The molecule has 1 aromatic heterocycles. The first kappa shape index (κ1) is 10.1. The summed E-state index contributed by atoms with van der Waals surface area (Å²) in [6.45, 7) is 1.94. The van der Waals surface area contributed by atoms with Crippen LogP contribution in [0.4, 0.5) is 5.69 Å². The zero-order valence-corrected chi connectivity index (χ0v) is 9.69. The molecule has 0 saturated heterocycles. The molecule has 0 aliphatic heterocycles. The summed E-state index contributed by atoms with van der Waals surface area (Å²) in [7, 11) is 0. The molecule has 0 fully saturated rings. The van der Waals surface area contributed by atoms with Crippen LogP contribution < -0.4 is 5.43 Å². The van der Waals surface area contributed by atoms with E-state index < -0.39 is 0 Å². The van der Waals surface area contributed by atoms with E-state index in [2.05, 4.69) is 25.3 Å². The van der Waals surface area contributed by atoms with E-state index in [0.717, 1.165) is 5.56 Å². The van der Waals surface area contributed by atoms with Gasteiger partial charge >= 0.3 is 93.5 Å². The number of nitrogens with zero attached hydrogens (tertiary/aromatic N) is 1. The Labute approximate surface area is 93.8 Å². The fourth-order valence-corrected chi connectivity index (χ4v) is 1.56. The van der Waals surface area contributed by atoms with Gasteiger partial charge in [0.15, 0.2) is 0 Å². The van der Waals surface area contributed by atoms with Crippen LogP contribution in [0.3, 0.4) is 0 Å². The van der Waals surface area contributed by atoms with Gasteiger partial charge in [-0.3, -0.25) is 0 Å². The van der Waals surface area contributed by atoms with Crippen molar-refractivity contribution >= 4 is 36.9 Å². The second kappa shape index (κ2) is 3.95. The Balaban J connectivity index is 2.86. The van der Waals surface area contributed by atoms with E-state index in [1.807, 2.05) is 19.1 Å². The van der Waals surface area contributed by atoms with Gasteiger partial charge in [-0.05, 0) is 0 Å². The van der Waals surface area contributed by atoms with E-state index in [1.54, 1.807) is 6.07 Å². The van der Waals surface area contributed by atoms with Crippen molar-refractivity contribution in [1.29, 1.82) is 0 Å². The van der Waals surface area contributed by atoms with Gasteiger partial charge in [0.2, 0.25) is 0 Å². The number of hydrogen-bond donors (Lipinski definition) is 0. The van der Waals surface area contributed by atoms with Crippen molar-refractivity contribution in [2.24, 2.45) is 4.99 Å². The average molecular weight is 264 g/mol. The summed E-state index contributed by atoms with van der Waals surface area (Å²) in [5.41, 5.74) is 1.75. The molecule has 2 aromatic rings. The molecule has 0 bridgehead atoms. The van der Waals surface area contributed by atoms with E-state index in [0.29, 0.717) is 11.0 Å². The van der Waals surface area contributed by atoms with E-state index in [9.17, 15) is 4.79 Å². The standard InChI is InChI=1S/C11H7NO2Se/c1-7-2-3-8-10(4-7)14-5-9(11(8)13)12-6-15/h2-5H,1H3. The number of aryl methyl sites for hydroxylation is 1. The molecule has 2 rings (SSSR count). The summed E-state index contributed by atoms with van der Waals surface area (Å²) in [5.74, 6) is 0. The second-order valence-corrected chi connectivity index (χ2v) is 3.54. The van der Waals surface area contributed by atoms with Crippen molar-refractivity contribution in [2.45, 2.75) is 6.92 Å². The Bertz CT molecular complexity index is 624. The molecule has 15 heavy (non-hydrogen) atoms. The van der Waals surface area contributed by atoms with E-state index in [4.69, 9.17) is 4.42 Å². The fraction of sp³-hybridized carbons (Fsp3) is 0.0909. The Morgan fingerprint density at radius 2 is 2.27 bits per heavy atom. The minimum absolute atomic E-state index is 0.140. The predicted octanol–water partition coefficient (Wildman–Crippen LogP) is 1.81. The molecule has 0 unspecified atom stereocenters. The van der Waals surface area contributed by atoms with Crippen LogP contribution in [0, 0.1) is 6.92 Å². The van der Waals surface area contributed by atoms with Crippen LogP contribution in [0.5, 0.6) is 0 Å². The van der Waals surface area contributed by atoms with Crippen LogP contribution in [0.15, 0.2) is 38.7 Å². The van der Waals surface area contributed by atoms with Crippen LogP contribution in [-0.2, 0) is 0 Å². The van der Waals surface area contributed by atoms with Crippen molar-refractivity contribution in [3.63, 3.8) is 0 Å². The van der Waals surface area contributed by atoms with Gasteiger partial charge in [0.25, 0.3) is 0 Å². The van der Waals surface area contributed by atoms with Crippen molar-refractivity contribution in [1.82, 2.24) is 0 Å². The van der Waals surface area contributed by atoms with Crippen LogP contribution in [-0.4, -0.2) is 20.3 Å². The van der Waals surface area contributed by atoms with Crippen molar-refractivity contribution in [3.05, 3.63) is 40.2 Å². The van der Waals surface area contributed by atoms with Gasteiger partial charge < -0.3 is 0 Å². The Morgan fingerprint density at radius 1 is 1.47 bits per heavy atom. The Kier molecular flexibility index (Phi) is 2.65. The third-order valence-electron chi connectivity index (χ3n) is 2.08. The number of fused-ring (bicyclic) bond motifs is 1. The molecule has 0 spiro atoms. The molecule has 0 atom stereocenters. The molecular formula is C11H7NO2Se. The van der Waals surface area contributed by atoms with Crippen LogP contribution in [0.25, 0.3) is 11.0 Å². The zero-order chi connectivity index (χ0) is 10.8. The van der Waals surface area contributed by atoms with Crippen LogP contribution >= 0.6 is 0 Å². The van der Waals surface area contributed by atoms with E-state index in [1.165, 1.54) is 6.26 Å². The molecule has 4 heteroatoms. The van der Waals surface area contributed by atoms with Crippen LogP contribution in [0.1, 0.15) is 5.56 Å². The molecular weight excluding hydrogens is 257 g/mol. The number of rotatable bonds is 1. The van der Waals surface area contributed by atoms with E-state index in [-0.39, 0.29) is 11.1 Å². The summed E-state index contributed by atoms with van der Waals surface area (Å²) < 4.78 is 7.75. The van der Waals surface area contributed by atoms with Gasteiger partial charge in [0, 0.05) is 0 Å². The van der Waals surface area contributed by atoms with Gasteiger partial charge in [-0.25, -0.2) is 0 Å². The number of hydrogen-bond acceptors (Lipinski definition) is 3. The molecule has 1 aromatic carbocycles. The normalized spacial score (nSPS) is 9.93. The summed E-state index contributed by atoms with van der Waals surface area (Å²) in [5, 5.41) is 0.539. The predicted molar refractivity (Wildman–Crippen MR) is 60.1 cm³/mol. The van der Waals surface area contributed by atoms with Gasteiger partial charge in [-0.2, -0.15) is 0 Å². The zero-order valence-electron chi connectivity index (χ0n) is 7.98. The second-order valence-electron chi connectivity index (χ2n) is 3.15. The maximum atomic E-state index is 11.8. The first-order valence-corrected chi connectivity index (χ1v) is 5.18. The maximum absolute atomic E-state index is 11.8. The third-order valence-corrected chi connectivity index (χ3v) is 2.27. The summed E-state index contributed by atoms with van der Waals surface area (Å²) in [6.07, 6.45) is 1.34. The van der Waals surface area contributed by atoms with Crippen molar-refractivity contribution in [3.8, 4) is 0 Å². The molecule has 0 radical (unpaired) electrons. The first-order valence-electron chi connectivity index (χ1n) is 4.32. The Morgan fingerprint density at radius 3 is 3.00 bits per heavy atom. The minimum atomic E-state index is -0.140. The first-order chi connectivity index (χ1) is 7.22. The molecule has 0 saturated carbocycles. The van der Waals surface area contributed by atoms with Crippen molar-refractivity contribution < 1.29 is 4.42 Å².